The second kappa shape index (κ2) is 13.9. The number of urea groups is 1. The Balaban J connectivity index is 1.29. The van der Waals surface area contributed by atoms with Crippen LogP contribution in [-0.4, -0.2) is 112 Å². The van der Waals surface area contributed by atoms with Gasteiger partial charge in [-0.05, 0) is 61.8 Å². The van der Waals surface area contributed by atoms with Crippen molar-refractivity contribution in [1.29, 1.82) is 0 Å². The number of hydrogen-bond donors (Lipinski definition) is 2. The number of ether oxygens (including phenoxy) is 2. The van der Waals surface area contributed by atoms with Crippen LogP contribution in [0.2, 0.25) is 0 Å². The van der Waals surface area contributed by atoms with E-state index in [0.29, 0.717) is 25.6 Å². The number of nitrogens with zero attached hydrogens (tertiary/aromatic N) is 3. The van der Waals surface area contributed by atoms with Gasteiger partial charge in [0, 0.05) is 52.4 Å². The van der Waals surface area contributed by atoms with Crippen LogP contribution in [0.3, 0.4) is 0 Å². The molecule has 0 saturated carbocycles. The van der Waals surface area contributed by atoms with Gasteiger partial charge in [0.25, 0.3) is 0 Å². The first kappa shape index (κ1) is 27.6. The highest BCUT2D eigenvalue weighted by molar-refractivity contribution is 5.74. The molecule has 10 heteroatoms. The number of rotatable bonds is 8. The molecule has 3 atom stereocenters. The first-order chi connectivity index (χ1) is 18.0. The number of likely N-dealkylation sites (tertiary alicyclic amines) is 2. The standard InChI is InChI=1S/C27H42FN5O4/c1-36-27(35)33-11-8-23(25(20-33)30-26(34)29-9-12-31-13-15-37-16-14-31)19-32-10-2-3-22(18-32)17-21-4-6-24(28)7-5-21/h4-7,22-23,25H,2-3,8-20H2,1H3,(H2,29,30,34)/t22?,23-,25-/m0/s1. The molecule has 1 unspecified atom stereocenters. The highest BCUT2D eigenvalue weighted by Crippen LogP contribution is 2.25. The van der Waals surface area contributed by atoms with Gasteiger partial charge >= 0.3 is 12.1 Å². The number of methoxy groups -OCH3 is 1. The summed E-state index contributed by atoms with van der Waals surface area (Å²) in [5, 5.41) is 6.15. The summed E-state index contributed by atoms with van der Waals surface area (Å²) in [6.07, 6.45) is 3.71. The SMILES string of the molecule is COC(=O)N1CC[C@@H](CN2CCCC(Cc3ccc(F)cc3)C2)[C@@H](NC(=O)NCCN2CCOCC2)C1. The van der Waals surface area contributed by atoms with Gasteiger partial charge in [0.2, 0.25) is 0 Å². The smallest absolute Gasteiger partial charge is 0.409 e. The molecule has 0 spiro atoms. The predicted octanol–water partition coefficient (Wildman–Crippen LogP) is 2.17. The number of halogens is 1. The highest BCUT2D eigenvalue weighted by atomic mass is 19.1. The minimum absolute atomic E-state index is 0.145. The maximum Gasteiger partial charge on any atom is 0.409 e. The summed E-state index contributed by atoms with van der Waals surface area (Å²) in [6, 6.07) is 6.50. The largest absolute Gasteiger partial charge is 0.453 e. The van der Waals surface area contributed by atoms with Crippen molar-refractivity contribution in [3.63, 3.8) is 0 Å². The molecule has 2 N–H and O–H groups in total. The number of hydrogen-bond acceptors (Lipinski definition) is 6. The van der Waals surface area contributed by atoms with Gasteiger partial charge in [0.15, 0.2) is 0 Å². The van der Waals surface area contributed by atoms with Crippen LogP contribution in [0.25, 0.3) is 0 Å². The molecule has 0 aliphatic carbocycles. The van der Waals surface area contributed by atoms with Crippen LogP contribution < -0.4 is 10.6 Å². The van der Waals surface area contributed by atoms with Crippen molar-refractivity contribution < 1.29 is 23.5 Å². The fourth-order valence-corrected chi connectivity index (χ4v) is 5.82. The van der Waals surface area contributed by atoms with Gasteiger partial charge in [0.1, 0.15) is 5.82 Å². The lowest BCUT2D eigenvalue weighted by atomic mass is 9.87. The van der Waals surface area contributed by atoms with Gasteiger partial charge in [-0.1, -0.05) is 12.1 Å². The number of carbonyl (C=O) groups excluding carboxylic acids is 2. The van der Waals surface area contributed by atoms with E-state index in [2.05, 4.69) is 20.4 Å². The summed E-state index contributed by atoms with van der Waals surface area (Å²) >= 11 is 0. The number of amides is 3. The molecule has 3 saturated heterocycles. The first-order valence-corrected chi connectivity index (χ1v) is 13.6. The normalized spacial score (nSPS) is 25.5. The molecule has 0 aromatic heterocycles. The third-order valence-corrected chi connectivity index (χ3v) is 7.86. The highest BCUT2D eigenvalue weighted by Gasteiger charge is 2.35. The van der Waals surface area contributed by atoms with Crippen molar-refractivity contribution in [3.8, 4) is 0 Å². The van der Waals surface area contributed by atoms with Crippen LogP contribution in [0.4, 0.5) is 14.0 Å². The number of nitrogens with one attached hydrogen (secondary N) is 2. The summed E-state index contributed by atoms with van der Waals surface area (Å²) in [4.78, 5) is 31.4. The van der Waals surface area contributed by atoms with Crippen molar-refractivity contribution in [3.05, 3.63) is 35.6 Å². The number of benzene rings is 1. The van der Waals surface area contributed by atoms with Crippen LogP contribution in [0, 0.1) is 17.7 Å². The first-order valence-electron chi connectivity index (χ1n) is 13.6. The number of morpholine rings is 1. The molecule has 37 heavy (non-hydrogen) atoms. The summed E-state index contributed by atoms with van der Waals surface area (Å²) in [5.74, 6) is 0.579. The van der Waals surface area contributed by atoms with Crippen molar-refractivity contribution in [2.75, 3.05) is 79.2 Å². The van der Waals surface area contributed by atoms with Crippen molar-refractivity contribution in [1.82, 2.24) is 25.3 Å². The van der Waals surface area contributed by atoms with Gasteiger partial charge in [-0.25, -0.2) is 14.0 Å². The van der Waals surface area contributed by atoms with E-state index in [1.807, 2.05) is 12.1 Å². The molecule has 3 amide bonds. The van der Waals surface area contributed by atoms with E-state index >= 15 is 0 Å². The molecule has 3 aliphatic rings. The zero-order valence-electron chi connectivity index (χ0n) is 22.0. The lowest BCUT2D eigenvalue weighted by molar-refractivity contribution is 0.0386. The Bertz CT molecular complexity index is 867. The molecule has 9 nitrogen and oxygen atoms in total. The molecule has 0 bridgehead atoms. The molecule has 0 radical (unpaired) electrons. The lowest BCUT2D eigenvalue weighted by Gasteiger charge is -2.42. The van der Waals surface area contributed by atoms with E-state index in [-0.39, 0.29) is 29.9 Å². The Kier molecular flexibility index (Phi) is 10.4. The van der Waals surface area contributed by atoms with E-state index in [1.54, 1.807) is 4.90 Å². The van der Waals surface area contributed by atoms with E-state index < -0.39 is 0 Å². The molecule has 3 fully saturated rings. The molecule has 1 aromatic rings. The topological polar surface area (TPSA) is 86.4 Å². The van der Waals surface area contributed by atoms with Crippen molar-refractivity contribution >= 4 is 12.1 Å². The predicted molar refractivity (Wildman–Crippen MR) is 139 cm³/mol. The van der Waals surface area contributed by atoms with Gasteiger partial charge in [0.05, 0.1) is 26.4 Å². The van der Waals surface area contributed by atoms with Crippen LogP contribution >= 0.6 is 0 Å². The maximum atomic E-state index is 13.3. The molecule has 3 heterocycles. The Labute approximate surface area is 219 Å². The van der Waals surface area contributed by atoms with Crippen LogP contribution in [-0.2, 0) is 15.9 Å². The maximum absolute atomic E-state index is 13.3. The fraction of sp³-hybridized carbons (Fsp3) is 0.704. The third-order valence-electron chi connectivity index (χ3n) is 7.86. The van der Waals surface area contributed by atoms with Gasteiger partial charge in [-0.15, -0.1) is 0 Å². The van der Waals surface area contributed by atoms with E-state index in [4.69, 9.17) is 9.47 Å². The average molecular weight is 520 g/mol. The minimum atomic E-state index is -0.352. The summed E-state index contributed by atoms with van der Waals surface area (Å²) in [5.41, 5.74) is 1.17. The zero-order chi connectivity index (χ0) is 26.0. The van der Waals surface area contributed by atoms with E-state index in [0.717, 1.165) is 71.7 Å². The zero-order valence-corrected chi connectivity index (χ0v) is 22.0. The fourth-order valence-electron chi connectivity index (χ4n) is 5.82. The van der Waals surface area contributed by atoms with Crippen molar-refractivity contribution in [2.24, 2.45) is 11.8 Å². The van der Waals surface area contributed by atoms with E-state index in [1.165, 1.54) is 31.2 Å². The van der Waals surface area contributed by atoms with E-state index in [9.17, 15) is 14.0 Å². The molecule has 4 rings (SSSR count). The molecule has 206 valence electrons. The van der Waals surface area contributed by atoms with Crippen LogP contribution in [0.5, 0.6) is 0 Å². The lowest BCUT2D eigenvalue weighted by Crippen LogP contribution is -2.58. The second-order valence-corrected chi connectivity index (χ2v) is 10.5. The minimum Gasteiger partial charge on any atom is -0.453 e. The van der Waals surface area contributed by atoms with Crippen LogP contribution in [0.1, 0.15) is 24.8 Å². The average Bonchev–Trinajstić information content (AvgIpc) is 2.91. The number of carbonyl (C=O) groups is 2. The van der Waals surface area contributed by atoms with Gasteiger partial charge in [-0.2, -0.15) is 0 Å². The Morgan fingerprint density at radius 3 is 2.59 bits per heavy atom. The number of piperidine rings is 2. The second-order valence-electron chi connectivity index (χ2n) is 10.5. The Hall–Kier alpha value is -2.43. The summed E-state index contributed by atoms with van der Waals surface area (Å²) in [7, 11) is 1.39. The quantitative estimate of drug-likeness (QED) is 0.548. The Morgan fingerprint density at radius 1 is 1.05 bits per heavy atom. The van der Waals surface area contributed by atoms with Gasteiger partial charge in [-0.3, -0.25) is 4.90 Å². The van der Waals surface area contributed by atoms with Crippen molar-refractivity contribution in [2.45, 2.75) is 31.7 Å². The monoisotopic (exact) mass is 519 g/mol. The summed E-state index contributed by atoms with van der Waals surface area (Å²) < 4.78 is 23.6. The third kappa shape index (κ3) is 8.55. The molecular formula is C27H42FN5O4. The van der Waals surface area contributed by atoms with Gasteiger partial charge < -0.3 is 29.9 Å². The molecular weight excluding hydrogens is 477 g/mol. The van der Waals surface area contributed by atoms with Crippen LogP contribution in [0.15, 0.2) is 24.3 Å². The summed E-state index contributed by atoms with van der Waals surface area (Å²) in [6.45, 7) is 8.60. The molecule has 1 aromatic carbocycles. The Morgan fingerprint density at radius 2 is 1.84 bits per heavy atom. The molecule has 3 aliphatic heterocycles.